The summed E-state index contributed by atoms with van der Waals surface area (Å²) in [6, 6.07) is 1.66. The summed E-state index contributed by atoms with van der Waals surface area (Å²) in [6.07, 6.45) is -0.134. The van der Waals surface area contributed by atoms with Gasteiger partial charge in [0.15, 0.2) is 0 Å². The Morgan fingerprint density at radius 2 is 2.12 bits per heavy atom. The molecule has 0 unspecified atom stereocenters. The number of aromatic nitrogens is 2. The smallest absolute Gasteiger partial charge is 0.305 e. The fourth-order valence-electron chi connectivity index (χ4n) is 1.47. The van der Waals surface area contributed by atoms with Crippen LogP contribution in [0.3, 0.4) is 0 Å². The average molecular weight is 239 g/mol. The third-order valence-electron chi connectivity index (χ3n) is 2.39. The van der Waals surface area contributed by atoms with Gasteiger partial charge in [0.2, 0.25) is 0 Å². The van der Waals surface area contributed by atoms with E-state index >= 15 is 0 Å². The van der Waals surface area contributed by atoms with Crippen molar-refractivity contribution in [3.05, 3.63) is 17.5 Å². The van der Waals surface area contributed by atoms with Crippen molar-refractivity contribution in [1.29, 1.82) is 0 Å². The number of hydrogen-bond acceptors (Lipinski definition) is 3. The van der Waals surface area contributed by atoms with Crippen LogP contribution in [0.1, 0.15) is 36.5 Å². The Labute approximate surface area is 99.6 Å². The number of hydrogen-bond donors (Lipinski definition) is 2. The van der Waals surface area contributed by atoms with Gasteiger partial charge >= 0.3 is 5.97 Å². The number of aliphatic carboxylic acids is 1. The topological polar surface area (TPSA) is 84.2 Å². The first-order valence-electron chi connectivity index (χ1n) is 5.26. The molecule has 0 aliphatic carbocycles. The Balaban J connectivity index is 2.75. The van der Waals surface area contributed by atoms with Crippen LogP contribution in [-0.2, 0) is 11.8 Å². The quantitative estimate of drug-likeness (QED) is 0.810. The van der Waals surface area contributed by atoms with Crippen LogP contribution in [0.2, 0.25) is 0 Å². The van der Waals surface area contributed by atoms with Gasteiger partial charge in [0.1, 0.15) is 5.69 Å². The summed E-state index contributed by atoms with van der Waals surface area (Å²) >= 11 is 0. The first kappa shape index (κ1) is 13.2. The van der Waals surface area contributed by atoms with Crippen LogP contribution in [0, 0.1) is 6.92 Å². The zero-order valence-electron chi connectivity index (χ0n) is 10.4. The number of carboxylic acids is 1. The second-order valence-corrected chi connectivity index (χ2v) is 4.70. The van der Waals surface area contributed by atoms with Crippen molar-refractivity contribution in [3.8, 4) is 0 Å². The molecule has 0 bridgehead atoms. The van der Waals surface area contributed by atoms with Crippen molar-refractivity contribution in [2.24, 2.45) is 7.05 Å². The lowest BCUT2D eigenvalue weighted by atomic mass is 10.0. The van der Waals surface area contributed by atoms with Crippen molar-refractivity contribution in [2.45, 2.75) is 32.7 Å². The Hall–Kier alpha value is -1.85. The van der Waals surface area contributed by atoms with Crippen LogP contribution in [-0.4, -0.2) is 32.3 Å². The lowest BCUT2D eigenvalue weighted by Gasteiger charge is -2.23. The zero-order chi connectivity index (χ0) is 13.2. The molecule has 0 fully saturated rings. The molecule has 17 heavy (non-hydrogen) atoms. The van der Waals surface area contributed by atoms with E-state index in [0.717, 1.165) is 5.69 Å². The summed E-state index contributed by atoms with van der Waals surface area (Å²) in [4.78, 5) is 22.4. The fraction of sp³-hybridized carbons (Fsp3) is 0.545. The molecular weight excluding hydrogens is 222 g/mol. The molecule has 0 spiro atoms. The lowest BCUT2D eigenvalue weighted by molar-refractivity contribution is -0.138. The van der Waals surface area contributed by atoms with E-state index in [0.29, 0.717) is 5.69 Å². The SMILES string of the molecule is Cc1cc(C(=O)NC(C)(C)CC(=O)O)nn1C. The predicted molar refractivity (Wildman–Crippen MR) is 61.7 cm³/mol. The largest absolute Gasteiger partial charge is 0.481 e. The summed E-state index contributed by atoms with van der Waals surface area (Å²) < 4.78 is 1.60. The van der Waals surface area contributed by atoms with Crippen molar-refractivity contribution >= 4 is 11.9 Å². The number of carboxylic acid groups (broad SMARTS) is 1. The van der Waals surface area contributed by atoms with E-state index in [-0.39, 0.29) is 12.3 Å². The summed E-state index contributed by atoms with van der Waals surface area (Å²) in [7, 11) is 1.74. The molecule has 94 valence electrons. The fourth-order valence-corrected chi connectivity index (χ4v) is 1.47. The maximum Gasteiger partial charge on any atom is 0.305 e. The molecule has 0 aliphatic heterocycles. The van der Waals surface area contributed by atoms with E-state index in [9.17, 15) is 9.59 Å². The van der Waals surface area contributed by atoms with Crippen molar-refractivity contribution < 1.29 is 14.7 Å². The third kappa shape index (κ3) is 3.58. The molecule has 6 heteroatoms. The Morgan fingerprint density at radius 1 is 1.53 bits per heavy atom. The molecular formula is C11H17N3O3. The molecule has 0 aromatic carbocycles. The van der Waals surface area contributed by atoms with Crippen LogP contribution in [0.15, 0.2) is 6.07 Å². The highest BCUT2D eigenvalue weighted by molar-refractivity contribution is 5.93. The first-order chi connectivity index (χ1) is 7.71. The van der Waals surface area contributed by atoms with E-state index in [1.54, 1.807) is 31.6 Å². The second kappa shape index (κ2) is 4.57. The number of carbonyl (C=O) groups excluding carboxylic acids is 1. The van der Waals surface area contributed by atoms with E-state index in [1.807, 2.05) is 6.92 Å². The highest BCUT2D eigenvalue weighted by Crippen LogP contribution is 2.10. The Morgan fingerprint density at radius 3 is 2.53 bits per heavy atom. The van der Waals surface area contributed by atoms with Gasteiger partial charge in [-0.3, -0.25) is 14.3 Å². The van der Waals surface area contributed by atoms with Gasteiger partial charge < -0.3 is 10.4 Å². The average Bonchev–Trinajstić information content (AvgIpc) is 2.43. The van der Waals surface area contributed by atoms with E-state index < -0.39 is 11.5 Å². The summed E-state index contributed by atoms with van der Waals surface area (Å²) in [5, 5.41) is 15.4. The number of nitrogens with zero attached hydrogens (tertiary/aromatic N) is 2. The van der Waals surface area contributed by atoms with Crippen molar-refractivity contribution in [2.75, 3.05) is 0 Å². The molecule has 0 aliphatic rings. The lowest BCUT2D eigenvalue weighted by Crippen LogP contribution is -2.45. The minimum absolute atomic E-state index is 0.134. The first-order valence-corrected chi connectivity index (χ1v) is 5.26. The molecule has 0 atom stereocenters. The van der Waals surface area contributed by atoms with Crippen LogP contribution in [0.4, 0.5) is 0 Å². The summed E-state index contributed by atoms with van der Waals surface area (Å²) in [5.41, 5.74) is 0.364. The third-order valence-corrected chi connectivity index (χ3v) is 2.39. The van der Waals surface area contributed by atoms with Gasteiger partial charge in [-0.15, -0.1) is 0 Å². The van der Waals surface area contributed by atoms with Gasteiger partial charge in [-0.1, -0.05) is 0 Å². The van der Waals surface area contributed by atoms with Crippen LogP contribution >= 0.6 is 0 Å². The predicted octanol–water partition coefficient (Wildman–Crippen LogP) is 0.712. The molecule has 0 radical (unpaired) electrons. The minimum atomic E-state index is -0.951. The molecule has 0 saturated heterocycles. The number of amides is 1. The van der Waals surface area contributed by atoms with E-state index in [2.05, 4.69) is 10.4 Å². The van der Waals surface area contributed by atoms with Gasteiger partial charge in [-0.05, 0) is 26.8 Å². The zero-order valence-corrected chi connectivity index (χ0v) is 10.4. The summed E-state index contributed by atoms with van der Waals surface area (Å²) in [6.45, 7) is 5.16. The Kier molecular flexibility index (Phi) is 3.55. The number of aryl methyl sites for hydroxylation is 2. The Bertz CT molecular complexity index is 429. The molecule has 0 saturated carbocycles. The minimum Gasteiger partial charge on any atom is -0.481 e. The van der Waals surface area contributed by atoms with Crippen LogP contribution in [0.5, 0.6) is 0 Å². The second-order valence-electron chi connectivity index (χ2n) is 4.70. The molecule has 6 nitrogen and oxygen atoms in total. The number of rotatable bonds is 4. The van der Waals surface area contributed by atoms with Gasteiger partial charge in [0, 0.05) is 18.3 Å². The highest BCUT2D eigenvalue weighted by Gasteiger charge is 2.25. The van der Waals surface area contributed by atoms with Gasteiger partial charge in [-0.25, -0.2) is 0 Å². The molecule has 1 rings (SSSR count). The maximum absolute atomic E-state index is 11.8. The van der Waals surface area contributed by atoms with Crippen molar-refractivity contribution in [1.82, 2.24) is 15.1 Å². The van der Waals surface area contributed by atoms with Gasteiger partial charge in [0.05, 0.1) is 6.42 Å². The van der Waals surface area contributed by atoms with E-state index in [4.69, 9.17) is 5.11 Å². The highest BCUT2D eigenvalue weighted by atomic mass is 16.4. The molecule has 1 aromatic heterocycles. The molecule has 1 heterocycles. The van der Waals surface area contributed by atoms with Crippen LogP contribution in [0.25, 0.3) is 0 Å². The van der Waals surface area contributed by atoms with E-state index in [1.165, 1.54) is 0 Å². The van der Waals surface area contributed by atoms with Gasteiger partial charge in [0.25, 0.3) is 5.91 Å². The van der Waals surface area contributed by atoms with Crippen LogP contribution < -0.4 is 5.32 Å². The normalized spacial score (nSPS) is 11.3. The standard InChI is InChI=1S/C11H17N3O3/c1-7-5-8(13-14(7)4)10(17)12-11(2,3)6-9(15)16/h5H,6H2,1-4H3,(H,12,17)(H,15,16). The maximum atomic E-state index is 11.8. The molecule has 1 amide bonds. The van der Waals surface area contributed by atoms with Crippen molar-refractivity contribution in [3.63, 3.8) is 0 Å². The summed E-state index contributed by atoms with van der Waals surface area (Å²) in [5.74, 6) is -1.31. The number of carbonyl (C=O) groups is 2. The van der Waals surface area contributed by atoms with Gasteiger partial charge in [-0.2, -0.15) is 5.10 Å². The molecule has 2 N–H and O–H groups in total. The number of nitrogens with one attached hydrogen (secondary N) is 1. The monoisotopic (exact) mass is 239 g/mol. The molecule has 1 aromatic rings.